The number of rotatable bonds is 8. The summed E-state index contributed by atoms with van der Waals surface area (Å²) in [6.45, 7) is 2.64. The molecule has 0 radical (unpaired) electrons. The maximum absolute atomic E-state index is 10.7. The van der Waals surface area contributed by atoms with Crippen molar-refractivity contribution in [3.8, 4) is 5.75 Å². The minimum Gasteiger partial charge on any atom is -0.490 e. The number of carboxylic acids is 1. The molecule has 0 aliphatic rings. The SMILES string of the molecule is CCCC(CC(=O)O)Oc1ccc(CCN)cc1. The summed E-state index contributed by atoms with van der Waals surface area (Å²) in [5, 5.41) is 8.81. The first-order chi connectivity index (χ1) is 8.65. The van der Waals surface area contributed by atoms with Crippen LogP contribution in [0.4, 0.5) is 0 Å². The van der Waals surface area contributed by atoms with Gasteiger partial charge in [-0.25, -0.2) is 0 Å². The van der Waals surface area contributed by atoms with E-state index in [-0.39, 0.29) is 12.5 Å². The van der Waals surface area contributed by atoms with Crippen LogP contribution in [-0.4, -0.2) is 23.7 Å². The molecule has 4 nitrogen and oxygen atoms in total. The van der Waals surface area contributed by atoms with Crippen LogP contribution in [0.5, 0.6) is 5.75 Å². The predicted molar refractivity (Wildman–Crippen MR) is 70.8 cm³/mol. The molecule has 0 bridgehead atoms. The first kappa shape index (κ1) is 14.5. The lowest BCUT2D eigenvalue weighted by Gasteiger charge is -2.17. The molecule has 0 aromatic heterocycles. The standard InChI is InChI=1S/C14H21NO3/c1-2-3-13(10-14(16)17)18-12-6-4-11(5-7-12)8-9-15/h4-7,13H,2-3,8-10,15H2,1H3,(H,16,17). The third-order valence-electron chi connectivity index (χ3n) is 2.67. The van der Waals surface area contributed by atoms with Gasteiger partial charge in [0.15, 0.2) is 0 Å². The molecular weight excluding hydrogens is 230 g/mol. The van der Waals surface area contributed by atoms with Crippen LogP contribution in [0, 0.1) is 0 Å². The zero-order valence-electron chi connectivity index (χ0n) is 10.8. The number of hydrogen-bond donors (Lipinski definition) is 2. The first-order valence-corrected chi connectivity index (χ1v) is 6.33. The number of hydrogen-bond acceptors (Lipinski definition) is 3. The molecule has 3 N–H and O–H groups in total. The highest BCUT2D eigenvalue weighted by molar-refractivity contribution is 5.67. The molecule has 100 valence electrons. The third kappa shape index (κ3) is 5.19. The van der Waals surface area contributed by atoms with Gasteiger partial charge in [-0.1, -0.05) is 25.5 Å². The Kier molecular flexibility index (Phi) is 6.22. The van der Waals surface area contributed by atoms with E-state index in [1.54, 1.807) is 0 Å². The zero-order chi connectivity index (χ0) is 13.4. The summed E-state index contributed by atoms with van der Waals surface area (Å²) < 4.78 is 5.69. The minimum absolute atomic E-state index is 0.0401. The number of nitrogens with two attached hydrogens (primary N) is 1. The second-order valence-corrected chi connectivity index (χ2v) is 4.31. The van der Waals surface area contributed by atoms with Gasteiger partial charge in [-0.05, 0) is 37.1 Å². The predicted octanol–water partition coefficient (Wildman–Crippen LogP) is 2.21. The fourth-order valence-electron chi connectivity index (χ4n) is 1.81. The summed E-state index contributed by atoms with van der Waals surface area (Å²) in [5.41, 5.74) is 6.64. The Labute approximate surface area is 108 Å². The van der Waals surface area contributed by atoms with Crippen molar-refractivity contribution < 1.29 is 14.6 Å². The van der Waals surface area contributed by atoms with Crippen molar-refractivity contribution in [2.24, 2.45) is 5.73 Å². The van der Waals surface area contributed by atoms with Gasteiger partial charge < -0.3 is 15.6 Å². The molecule has 1 aromatic rings. The molecule has 0 heterocycles. The van der Waals surface area contributed by atoms with E-state index in [0.29, 0.717) is 6.54 Å². The van der Waals surface area contributed by atoms with E-state index in [4.69, 9.17) is 15.6 Å². The quantitative estimate of drug-likeness (QED) is 0.743. The van der Waals surface area contributed by atoms with Crippen molar-refractivity contribution in [1.82, 2.24) is 0 Å². The average molecular weight is 251 g/mol. The monoisotopic (exact) mass is 251 g/mol. The van der Waals surface area contributed by atoms with Gasteiger partial charge in [-0.2, -0.15) is 0 Å². The van der Waals surface area contributed by atoms with Crippen molar-refractivity contribution in [3.63, 3.8) is 0 Å². The molecule has 0 amide bonds. The number of benzene rings is 1. The van der Waals surface area contributed by atoms with Crippen molar-refractivity contribution >= 4 is 5.97 Å². The lowest BCUT2D eigenvalue weighted by Crippen LogP contribution is -2.20. The minimum atomic E-state index is -0.826. The van der Waals surface area contributed by atoms with Gasteiger partial charge in [0.05, 0.1) is 6.42 Å². The van der Waals surface area contributed by atoms with Crippen LogP contribution in [0.3, 0.4) is 0 Å². The summed E-state index contributed by atoms with van der Waals surface area (Å²) in [5.74, 6) is -0.108. The molecular formula is C14H21NO3. The molecule has 0 saturated heterocycles. The smallest absolute Gasteiger partial charge is 0.307 e. The summed E-state index contributed by atoms with van der Waals surface area (Å²) in [4.78, 5) is 10.7. The molecule has 0 aliphatic heterocycles. The van der Waals surface area contributed by atoms with E-state index in [1.807, 2.05) is 31.2 Å². The van der Waals surface area contributed by atoms with Crippen molar-refractivity contribution in [3.05, 3.63) is 29.8 Å². The average Bonchev–Trinajstić information content (AvgIpc) is 2.31. The fourth-order valence-corrected chi connectivity index (χ4v) is 1.81. The molecule has 1 atom stereocenters. The Bertz CT molecular complexity index is 362. The first-order valence-electron chi connectivity index (χ1n) is 6.33. The lowest BCUT2D eigenvalue weighted by molar-refractivity contribution is -0.138. The van der Waals surface area contributed by atoms with E-state index in [1.165, 1.54) is 0 Å². The highest BCUT2D eigenvalue weighted by Crippen LogP contribution is 2.17. The van der Waals surface area contributed by atoms with E-state index in [0.717, 1.165) is 30.6 Å². The van der Waals surface area contributed by atoms with Crippen LogP contribution < -0.4 is 10.5 Å². The second kappa shape index (κ2) is 7.71. The summed E-state index contributed by atoms with van der Waals surface area (Å²) in [6.07, 6.45) is 2.28. The Balaban J connectivity index is 2.59. The largest absolute Gasteiger partial charge is 0.490 e. The fraction of sp³-hybridized carbons (Fsp3) is 0.500. The van der Waals surface area contributed by atoms with E-state index in [2.05, 4.69) is 0 Å². The summed E-state index contributed by atoms with van der Waals surface area (Å²) in [7, 11) is 0. The van der Waals surface area contributed by atoms with Crippen LogP contribution in [0.15, 0.2) is 24.3 Å². The van der Waals surface area contributed by atoms with Crippen LogP contribution >= 0.6 is 0 Å². The van der Waals surface area contributed by atoms with Gasteiger partial charge in [0.1, 0.15) is 11.9 Å². The molecule has 4 heteroatoms. The number of carboxylic acid groups (broad SMARTS) is 1. The molecule has 0 aliphatic carbocycles. The maximum Gasteiger partial charge on any atom is 0.307 e. The molecule has 0 spiro atoms. The molecule has 0 fully saturated rings. The van der Waals surface area contributed by atoms with E-state index >= 15 is 0 Å². The van der Waals surface area contributed by atoms with E-state index < -0.39 is 5.97 Å². The molecule has 1 unspecified atom stereocenters. The lowest BCUT2D eigenvalue weighted by atomic mass is 10.1. The Morgan fingerprint density at radius 3 is 2.56 bits per heavy atom. The summed E-state index contributed by atoms with van der Waals surface area (Å²) in [6, 6.07) is 7.67. The Hall–Kier alpha value is -1.55. The third-order valence-corrected chi connectivity index (χ3v) is 2.67. The maximum atomic E-state index is 10.7. The topological polar surface area (TPSA) is 72.5 Å². The van der Waals surface area contributed by atoms with Crippen LogP contribution in [0.25, 0.3) is 0 Å². The van der Waals surface area contributed by atoms with Crippen molar-refractivity contribution in [2.75, 3.05) is 6.54 Å². The van der Waals surface area contributed by atoms with Gasteiger partial charge in [0.2, 0.25) is 0 Å². The number of ether oxygens (including phenoxy) is 1. The zero-order valence-corrected chi connectivity index (χ0v) is 10.8. The molecule has 1 rings (SSSR count). The second-order valence-electron chi connectivity index (χ2n) is 4.31. The van der Waals surface area contributed by atoms with Gasteiger partial charge in [-0.15, -0.1) is 0 Å². The van der Waals surface area contributed by atoms with Gasteiger partial charge in [0, 0.05) is 0 Å². The molecule has 0 saturated carbocycles. The number of carbonyl (C=O) groups is 1. The normalized spacial score (nSPS) is 12.1. The van der Waals surface area contributed by atoms with Crippen molar-refractivity contribution in [1.29, 1.82) is 0 Å². The Morgan fingerprint density at radius 2 is 2.06 bits per heavy atom. The number of aliphatic carboxylic acids is 1. The highest BCUT2D eigenvalue weighted by atomic mass is 16.5. The summed E-state index contributed by atoms with van der Waals surface area (Å²) >= 11 is 0. The van der Waals surface area contributed by atoms with Crippen LogP contribution in [0.1, 0.15) is 31.7 Å². The Morgan fingerprint density at radius 1 is 1.39 bits per heavy atom. The highest BCUT2D eigenvalue weighted by Gasteiger charge is 2.13. The van der Waals surface area contributed by atoms with Crippen LogP contribution in [-0.2, 0) is 11.2 Å². The van der Waals surface area contributed by atoms with Gasteiger partial charge in [-0.3, -0.25) is 4.79 Å². The van der Waals surface area contributed by atoms with E-state index in [9.17, 15) is 4.79 Å². The van der Waals surface area contributed by atoms with Gasteiger partial charge in [0.25, 0.3) is 0 Å². The molecule has 18 heavy (non-hydrogen) atoms. The van der Waals surface area contributed by atoms with Crippen LogP contribution in [0.2, 0.25) is 0 Å². The van der Waals surface area contributed by atoms with Crippen molar-refractivity contribution in [2.45, 2.75) is 38.7 Å². The van der Waals surface area contributed by atoms with Gasteiger partial charge >= 0.3 is 5.97 Å². The molecule has 1 aromatic carbocycles.